The maximum atomic E-state index is 12.2. The molecule has 0 atom stereocenters. The Labute approximate surface area is 112 Å². The van der Waals surface area contributed by atoms with Crippen LogP contribution >= 0.6 is 0 Å². The van der Waals surface area contributed by atoms with Crippen molar-refractivity contribution in [3.05, 3.63) is 60.3 Å². The molecule has 0 unspecified atom stereocenters. The molecule has 0 bridgehead atoms. The molecular formula is C15H17N3O. The number of carbonyl (C=O) groups excluding carboxylic acids is 1. The van der Waals surface area contributed by atoms with Gasteiger partial charge in [-0.25, -0.2) is 4.98 Å². The van der Waals surface area contributed by atoms with E-state index in [2.05, 4.69) is 15.8 Å². The fourth-order valence-corrected chi connectivity index (χ4v) is 1.70. The molecule has 0 aliphatic rings. The minimum Gasteiger partial charge on any atom is -0.282 e. The number of nitrogens with zero attached hydrogens (tertiary/aromatic N) is 1. The van der Waals surface area contributed by atoms with Crippen molar-refractivity contribution in [2.24, 2.45) is 0 Å². The molecule has 0 radical (unpaired) electrons. The van der Waals surface area contributed by atoms with E-state index in [9.17, 15) is 4.79 Å². The first-order chi connectivity index (χ1) is 9.10. The van der Waals surface area contributed by atoms with Crippen molar-refractivity contribution in [2.75, 3.05) is 5.43 Å². The van der Waals surface area contributed by atoms with Crippen LogP contribution in [0.2, 0.25) is 0 Å². The molecule has 0 aliphatic carbocycles. The van der Waals surface area contributed by atoms with Crippen molar-refractivity contribution in [1.29, 1.82) is 0 Å². The SMILES string of the molecule is CC(C)(C(=O)NNc1ccccn1)c1ccccc1. The first-order valence-electron chi connectivity index (χ1n) is 6.14. The summed E-state index contributed by atoms with van der Waals surface area (Å²) >= 11 is 0. The topological polar surface area (TPSA) is 54.0 Å². The molecule has 4 heteroatoms. The van der Waals surface area contributed by atoms with Crippen LogP contribution in [0, 0.1) is 0 Å². The molecule has 98 valence electrons. The van der Waals surface area contributed by atoms with Crippen LogP contribution in [-0.4, -0.2) is 10.9 Å². The van der Waals surface area contributed by atoms with Gasteiger partial charge in [-0.05, 0) is 31.5 Å². The van der Waals surface area contributed by atoms with E-state index >= 15 is 0 Å². The average Bonchev–Trinajstić information content (AvgIpc) is 2.46. The van der Waals surface area contributed by atoms with E-state index in [1.54, 1.807) is 12.3 Å². The summed E-state index contributed by atoms with van der Waals surface area (Å²) in [5.41, 5.74) is 5.86. The smallest absolute Gasteiger partial charge is 0.248 e. The second kappa shape index (κ2) is 5.52. The van der Waals surface area contributed by atoms with Crippen molar-refractivity contribution < 1.29 is 4.79 Å². The normalized spacial score (nSPS) is 10.8. The van der Waals surface area contributed by atoms with Gasteiger partial charge in [0.25, 0.3) is 0 Å². The monoisotopic (exact) mass is 255 g/mol. The Kier molecular flexibility index (Phi) is 3.80. The number of hydrogen-bond acceptors (Lipinski definition) is 3. The molecule has 0 fully saturated rings. The summed E-state index contributed by atoms with van der Waals surface area (Å²) in [5.74, 6) is 0.504. The van der Waals surface area contributed by atoms with Gasteiger partial charge in [-0.2, -0.15) is 0 Å². The van der Waals surface area contributed by atoms with Gasteiger partial charge in [0.2, 0.25) is 5.91 Å². The molecule has 0 spiro atoms. The number of pyridine rings is 1. The lowest BCUT2D eigenvalue weighted by atomic mass is 9.84. The minimum absolute atomic E-state index is 0.107. The lowest BCUT2D eigenvalue weighted by molar-refractivity contribution is -0.125. The maximum absolute atomic E-state index is 12.2. The molecule has 1 aromatic carbocycles. The molecule has 2 aromatic rings. The van der Waals surface area contributed by atoms with Gasteiger partial charge in [0.1, 0.15) is 5.82 Å². The Morgan fingerprint density at radius 3 is 2.37 bits per heavy atom. The van der Waals surface area contributed by atoms with Crippen LogP contribution in [0.5, 0.6) is 0 Å². The van der Waals surface area contributed by atoms with Crippen LogP contribution < -0.4 is 10.9 Å². The van der Waals surface area contributed by atoms with Crippen molar-refractivity contribution in [2.45, 2.75) is 19.3 Å². The van der Waals surface area contributed by atoms with Crippen LogP contribution in [0.15, 0.2) is 54.7 Å². The van der Waals surface area contributed by atoms with Crippen molar-refractivity contribution in [1.82, 2.24) is 10.4 Å². The summed E-state index contributed by atoms with van der Waals surface area (Å²) in [5, 5.41) is 0. The molecule has 0 saturated heterocycles. The molecule has 0 saturated carbocycles. The molecule has 19 heavy (non-hydrogen) atoms. The van der Waals surface area contributed by atoms with Gasteiger partial charge < -0.3 is 0 Å². The predicted octanol–water partition coefficient (Wildman–Crippen LogP) is 2.50. The first kappa shape index (κ1) is 13.1. The third-order valence-corrected chi connectivity index (χ3v) is 3.03. The number of benzene rings is 1. The van der Waals surface area contributed by atoms with Crippen LogP contribution in [0.3, 0.4) is 0 Å². The van der Waals surface area contributed by atoms with Gasteiger partial charge in [-0.15, -0.1) is 0 Å². The Bertz CT molecular complexity index is 538. The predicted molar refractivity (Wildman–Crippen MR) is 75.5 cm³/mol. The number of carbonyl (C=O) groups is 1. The second-order valence-corrected chi connectivity index (χ2v) is 4.79. The van der Waals surface area contributed by atoms with Crippen molar-refractivity contribution in [3.63, 3.8) is 0 Å². The average molecular weight is 255 g/mol. The largest absolute Gasteiger partial charge is 0.282 e. The zero-order chi connectivity index (χ0) is 13.7. The summed E-state index contributed by atoms with van der Waals surface area (Å²) in [7, 11) is 0. The molecule has 2 rings (SSSR count). The Hall–Kier alpha value is -2.36. The van der Waals surface area contributed by atoms with Crippen LogP contribution in [-0.2, 0) is 10.2 Å². The summed E-state index contributed by atoms with van der Waals surface area (Å²) in [6.45, 7) is 3.77. The number of anilines is 1. The fourth-order valence-electron chi connectivity index (χ4n) is 1.70. The standard InChI is InChI=1S/C15H17N3O/c1-15(2,12-8-4-3-5-9-12)14(19)18-17-13-10-6-7-11-16-13/h3-11H,1-2H3,(H,16,17)(H,18,19). The highest BCUT2D eigenvalue weighted by atomic mass is 16.2. The fraction of sp³-hybridized carbons (Fsp3) is 0.200. The second-order valence-electron chi connectivity index (χ2n) is 4.79. The minimum atomic E-state index is -0.608. The molecule has 0 aliphatic heterocycles. The van der Waals surface area contributed by atoms with Crippen LogP contribution in [0.25, 0.3) is 0 Å². The lowest BCUT2D eigenvalue weighted by Crippen LogP contribution is -2.43. The lowest BCUT2D eigenvalue weighted by Gasteiger charge is -2.24. The van der Waals surface area contributed by atoms with E-state index < -0.39 is 5.41 Å². The third kappa shape index (κ3) is 3.10. The highest BCUT2D eigenvalue weighted by Crippen LogP contribution is 2.22. The van der Waals surface area contributed by atoms with Gasteiger partial charge in [-0.1, -0.05) is 36.4 Å². The van der Waals surface area contributed by atoms with Crippen LogP contribution in [0.4, 0.5) is 5.82 Å². The maximum Gasteiger partial charge on any atom is 0.248 e. The first-order valence-corrected chi connectivity index (χ1v) is 6.14. The molecule has 1 heterocycles. The third-order valence-electron chi connectivity index (χ3n) is 3.03. The van der Waals surface area contributed by atoms with E-state index in [1.807, 2.05) is 56.3 Å². The summed E-state index contributed by atoms with van der Waals surface area (Å²) < 4.78 is 0. The van der Waals surface area contributed by atoms with E-state index in [4.69, 9.17) is 0 Å². The molecule has 1 amide bonds. The summed E-state index contributed by atoms with van der Waals surface area (Å²) in [4.78, 5) is 16.3. The quantitative estimate of drug-likeness (QED) is 0.825. The number of rotatable bonds is 4. The van der Waals surface area contributed by atoms with Crippen LogP contribution in [0.1, 0.15) is 19.4 Å². The molecule has 4 nitrogen and oxygen atoms in total. The zero-order valence-electron chi connectivity index (χ0n) is 11.1. The zero-order valence-corrected chi connectivity index (χ0v) is 11.1. The number of hydrogen-bond donors (Lipinski definition) is 2. The Morgan fingerprint density at radius 1 is 1.05 bits per heavy atom. The summed E-state index contributed by atoms with van der Waals surface area (Å²) in [6.07, 6.45) is 1.66. The van der Waals surface area contributed by atoms with E-state index in [0.717, 1.165) is 5.56 Å². The molecule has 1 aromatic heterocycles. The van der Waals surface area contributed by atoms with Crippen molar-refractivity contribution in [3.8, 4) is 0 Å². The Morgan fingerprint density at radius 2 is 1.74 bits per heavy atom. The number of amides is 1. The highest BCUT2D eigenvalue weighted by Gasteiger charge is 2.29. The number of aromatic nitrogens is 1. The van der Waals surface area contributed by atoms with E-state index in [-0.39, 0.29) is 5.91 Å². The summed E-state index contributed by atoms with van der Waals surface area (Å²) in [6, 6.07) is 15.1. The van der Waals surface area contributed by atoms with Gasteiger partial charge in [0, 0.05) is 6.20 Å². The van der Waals surface area contributed by atoms with E-state index in [1.165, 1.54) is 0 Å². The van der Waals surface area contributed by atoms with Gasteiger partial charge in [0.15, 0.2) is 0 Å². The van der Waals surface area contributed by atoms with Crippen molar-refractivity contribution >= 4 is 11.7 Å². The van der Waals surface area contributed by atoms with Gasteiger partial charge in [-0.3, -0.25) is 15.6 Å². The van der Waals surface area contributed by atoms with Gasteiger partial charge >= 0.3 is 0 Å². The molecule has 2 N–H and O–H groups in total. The highest BCUT2D eigenvalue weighted by molar-refractivity contribution is 5.88. The van der Waals surface area contributed by atoms with Gasteiger partial charge in [0.05, 0.1) is 5.41 Å². The molecular weight excluding hydrogens is 238 g/mol. The van der Waals surface area contributed by atoms with E-state index in [0.29, 0.717) is 5.82 Å². The number of hydrazine groups is 1. The number of nitrogens with one attached hydrogen (secondary N) is 2. The Balaban J connectivity index is 2.03.